The molecule has 1 fully saturated rings. The van der Waals surface area contributed by atoms with E-state index in [2.05, 4.69) is 29.7 Å². The van der Waals surface area contributed by atoms with Crippen molar-refractivity contribution in [2.75, 3.05) is 6.61 Å². The van der Waals surface area contributed by atoms with Crippen molar-refractivity contribution in [1.29, 1.82) is 0 Å². The van der Waals surface area contributed by atoms with Gasteiger partial charge in [-0.2, -0.15) is 0 Å². The fraction of sp³-hybridized carbons (Fsp3) is 0.720. The average molecular weight is 419 g/mol. The Morgan fingerprint density at radius 3 is 2.70 bits per heavy atom. The number of unbranched alkanes of at least 4 members (excludes halogenated alkanes) is 3. The Labute approximate surface area is 181 Å². The lowest BCUT2D eigenvalue weighted by atomic mass is 9.88. The van der Waals surface area contributed by atoms with Gasteiger partial charge in [0.1, 0.15) is 5.78 Å². The molecule has 168 valence electrons. The van der Waals surface area contributed by atoms with Gasteiger partial charge in [-0.15, -0.1) is 12.3 Å². The van der Waals surface area contributed by atoms with Gasteiger partial charge in [0.05, 0.1) is 6.61 Å². The number of ketones is 2. The summed E-state index contributed by atoms with van der Waals surface area (Å²) in [5, 5.41) is 9.61. The largest absolute Gasteiger partial charge is 0.464 e. The Hall–Kier alpha value is -1.93. The summed E-state index contributed by atoms with van der Waals surface area (Å²) in [5.41, 5.74) is 0. The minimum atomic E-state index is -1.68. The van der Waals surface area contributed by atoms with Gasteiger partial charge in [-0.25, -0.2) is 4.79 Å². The van der Waals surface area contributed by atoms with E-state index in [1.807, 2.05) is 0 Å². The molecule has 0 aromatic rings. The topological polar surface area (TPSA) is 80.7 Å². The van der Waals surface area contributed by atoms with Crippen LogP contribution in [0.5, 0.6) is 0 Å². The summed E-state index contributed by atoms with van der Waals surface area (Å²) in [6.07, 6.45) is 17.2. The van der Waals surface area contributed by atoms with Crippen molar-refractivity contribution in [2.45, 2.75) is 90.6 Å². The van der Waals surface area contributed by atoms with Gasteiger partial charge in [0, 0.05) is 24.7 Å². The number of ether oxygens (including phenoxy) is 1. The van der Waals surface area contributed by atoms with Crippen LogP contribution in [0.4, 0.5) is 0 Å². The smallest absolute Gasteiger partial charge is 0.342 e. The van der Waals surface area contributed by atoms with Crippen LogP contribution < -0.4 is 0 Å². The molecule has 0 spiro atoms. The number of carbonyl (C=O) groups is 3. The Balaban J connectivity index is 2.35. The minimum absolute atomic E-state index is 0.0574. The van der Waals surface area contributed by atoms with Gasteiger partial charge in [-0.05, 0) is 44.9 Å². The molecule has 0 bridgehead atoms. The first-order valence-corrected chi connectivity index (χ1v) is 11.5. The molecule has 1 rings (SSSR count). The van der Waals surface area contributed by atoms with E-state index in [1.54, 1.807) is 6.92 Å². The number of allylic oxidation sites excluding steroid dienone is 2. The third-order valence-electron chi connectivity index (χ3n) is 5.85. The third-order valence-corrected chi connectivity index (χ3v) is 5.85. The molecule has 0 aromatic carbocycles. The first kappa shape index (κ1) is 26.1. The lowest BCUT2D eigenvalue weighted by Gasteiger charge is -2.15. The van der Waals surface area contributed by atoms with Crippen LogP contribution in [0.3, 0.4) is 0 Å². The summed E-state index contributed by atoms with van der Waals surface area (Å²) in [6.45, 7) is 3.93. The highest BCUT2D eigenvalue weighted by atomic mass is 16.5. The highest BCUT2D eigenvalue weighted by Crippen LogP contribution is 2.34. The molecule has 5 heteroatoms. The van der Waals surface area contributed by atoms with Crippen molar-refractivity contribution in [3.05, 3.63) is 12.2 Å². The third kappa shape index (κ3) is 9.26. The van der Waals surface area contributed by atoms with E-state index in [9.17, 15) is 19.5 Å². The SMILES string of the molecule is C#C[C@@H](CC=C[C@H]1CCC(=O)[C@@H]1CCCCCC(=O)C(O)C(=O)OCC)CCCC. The Morgan fingerprint density at radius 2 is 2.03 bits per heavy atom. The van der Waals surface area contributed by atoms with Crippen molar-refractivity contribution in [3.8, 4) is 12.3 Å². The normalized spacial score (nSPS) is 20.8. The van der Waals surface area contributed by atoms with Gasteiger partial charge in [0.15, 0.2) is 5.78 Å². The second-order valence-corrected chi connectivity index (χ2v) is 8.17. The molecular formula is C25H38O5. The van der Waals surface area contributed by atoms with E-state index < -0.39 is 17.9 Å². The van der Waals surface area contributed by atoms with E-state index in [0.717, 1.165) is 51.4 Å². The van der Waals surface area contributed by atoms with Crippen molar-refractivity contribution < 1.29 is 24.2 Å². The highest BCUT2D eigenvalue weighted by molar-refractivity contribution is 6.01. The summed E-state index contributed by atoms with van der Waals surface area (Å²) in [4.78, 5) is 35.5. The Kier molecular flexibility index (Phi) is 13.0. The van der Waals surface area contributed by atoms with E-state index in [0.29, 0.717) is 18.6 Å². The average Bonchev–Trinajstić information content (AvgIpc) is 3.09. The molecule has 0 heterocycles. The second-order valence-electron chi connectivity index (χ2n) is 8.17. The molecular weight excluding hydrogens is 380 g/mol. The van der Waals surface area contributed by atoms with Gasteiger partial charge in [-0.3, -0.25) is 9.59 Å². The quantitative estimate of drug-likeness (QED) is 0.140. The van der Waals surface area contributed by atoms with Gasteiger partial charge in [0.25, 0.3) is 0 Å². The van der Waals surface area contributed by atoms with E-state index in [1.165, 1.54) is 0 Å². The molecule has 4 atom stereocenters. The first-order valence-electron chi connectivity index (χ1n) is 11.5. The fourth-order valence-corrected chi connectivity index (χ4v) is 4.01. The molecule has 5 nitrogen and oxygen atoms in total. The van der Waals surface area contributed by atoms with Crippen molar-refractivity contribution >= 4 is 17.5 Å². The summed E-state index contributed by atoms with van der Waals surface area (Å²) in [7, 11) is 0. The lowest BCUT2D eigenvalue weighted by Crippen LogP contribution is -2.31. The van der Waals surface area contributed by atoms with Crippen LogP contribution >= 0.6 is 0 Å². The van der Waals surface area contributed by atoms with Crippen LogP contribution in [-0.4, -0.2) is 35.4 Å². The van der Waals surface area contributed by atoms with Crippen molar-refractivity contribution in [1.82, 2.24) is 0 Å². The molecule has 0 radical (unpaired) electrons. The molecule has 0 aliphatic heterocycles. The first-order chi connectivity index (χ1) is 14.4. The predicted molar refractivity (Wildman–Crippen MR) is 118 cm³/mol. The fourth-order valence-electron chi connectivity index (χ4n) is 4.01. The number of aliphatic hydroxyl groups excluding tert-OH is 1. The van der Waals surface area contributed by atoms with Crippen molar-refractivity contribution in [2.24, 2.45) is 17.8 Å². The number of rotatable bonds is 15. The van der Waals surface area contributed by atoms with Gasteiger partial charge in [0.2, 0.25) is 6.10 Å². The van der Waals surface area contributed by atoms with Crippen molar-refractivity contribution in [3.63, 3.8) is 0 Å². The number of carbonyl (C=O) groups excluding carboxylic acids is 3. The molecule has 1 aliphatic rings. The Morgan fingerprint density at radius 1 is 1.27 bits per heavy atom. The van der Waals surface area contributed by atoms with Crippen LogP contribution in [-0.2, 0) is 19.1 Å². The Bertz CT molecular complexity index is 616. The number of terminal acetylenes is 1. The number of Topliss-reactive ketones (excluding diaryl/α,β-unsaturated/α-hetero) is 2. The van der Waals surface area contributed by atoms with Gasteiger partial charge >= 0.3 is 5.97 Å². The summed E-state index contributed by atoms with van der Waals surface area (Å²) < 4.78 is 4.65. The maximum absolute atomic E-state index is 12.3. The number of hydrogen-bond acceptors (Lipinski definition) is 5. The van der Waals surface area contributed by atoms with Gasteiger partial charge in [-0.1, -0.05) is 44.8 Å². The molecule has 0 amide bonds. The molecule has 1 aliphatic carbocycles. The second kappa shape index (κ2) is 15.0. The molecule has 1 saturated carbocycles. The van der Waals surface area contributed by atoms with Crippen LogP contribution in [0.2, 0.25) is 0 Å². The molecule has 0 aromatic heterocycles. The number of aliphatic hydroxyl groups is 1. The minimum Gasteiger partial charge on any atom is -0.464 e. The zero-order valence-corrected chi connectivity index (χ0v) is 18.6. The summed E-state index contributed by atoms with van der Waals surface area (Å²) in [6, 6.07) is 0. The van der Waals surface area contributed by atoms with Crippen LogP contribution in [0.25, 0.3) is 0 Å². The lowest BCUT2D eigenvalue weighted by molar-refractivity contribution is -0.157. The highest BCUT2D eigenvalue weighted by Gasteiger charge is 2.32. The van der Waals surface area contributed by atoms with Crippen LogP contribution in [0.1, 0.15) is 84.5 Å². The summed E-state index contributed by atoms with van der Waals surface area (Å²) >= 11 is 0. The maximum Gasteiger partial charge on any atom is 0.342 e. The standard InChI is InChI=1S/C25H38O5/c1-4-7-12-19(5-2)13-11-14-20-17-18-22(26)21(20)15-9-8-10-16-23(27)24(28)25(29)30-6-3/h2,11,14,19-21,24,28H,4,6-10,12-13,15-18H2,1,3H3/t19-,20+,21-,24?/m1/s1. The van der Waals surface area contributed by atoms with E-state index in [-0.39, 0.29) is 30.8 Å². The van der Waals surface area contributed by atoms with Crippen LogP contribution in [0.15, 0.2) is 12.2 Å². The molecule has 1 unspecified atom stereocenters. The summed E-state index contributed by atoms with van der Waals surface area (Å²) in [5.74, 6) is 2.44. The molecule has 1 N–H and O–H groups in total. The monoisotopic (exact) mass is 418 g/mol. The van der Waals surface area contributed by atoms with E-state index >= 15 is 0 Å². The number of esters is 1. The maximum atomic E-state index is 12.3. The van der Waals surface area contributed by atoms with E-state index in [4.69, 9.17) is 6.42 Å². The zero-order chi connectivity index (χ0) is 22.4. The predicted octanol–water partition coefficient (Wildman–Crippen LogP) is 4.41. The number of hydrogen-bond donors (Lipinski definition) is 1. The zero-order valence-electron chi connectivity index (χ0n) is 18.6. The molecule has 30 heavy (non-hydrogen) atoms. The van der Waals surface area contributed by atoms with Gasteiger partial charge < -0.3 is 9.84 Å². The molecule has 0 saturated heterocycles. The van der Waals surface area contributed by atoms with Crippen LogP contribution in [0, 0.1) is 30.1 Å².